The van der Waals surface area contributed by atoms with E-state index in [0.29, 0.717) is 0 Å². The molecule has 0 saturated heterocycles. The van der Waals surface area contributed by atoms with Crippen LogP contribution in [-0.4, -0.2) is 18.5 Å². The lowest BCUT2D eigenvalue weighted by atomic mass is 10.1. The number of fused-ring (bicyclic) bond motifs is 2. The maximum atomic E-state index is 6.43. The summed E-state index contributed by atoms with van der Waals surface area (Å²) in [6.45, 7) is 1.83. The van der Waals surface area contributed by atoms with E-state index in [4.69, 9.17) is 9.15 Å². The van der Waals surface area contributed by atoms with Crippen LogP contribution in [0, 0.1) is 0 Å². The standard InChI is InChI=1S/C19H18BrNO2/c1-21-10-8-18(15-9-11-22-19(15)12-21)23-17-7-6-16(20)13-4-2-3-5-14(13)17/h2-7,9,11,18H,8,10,12H2,1H3. The Hall–Kier alpha value is -1.78. The molecule has 1 aliphatic rings. The molecular formula is C19H18BrNO2. The van der Waals surface area contributed by atoms with Crippen LogP contribution in [0.4, 0.5) is 0 Å². The number of hydrogen-bond donors (Lipinski definition) is 0. The Bertz CT molecular complexity index is 842. The van der Waals surface area contributed by atoms with Gasteiger partial charge in [0.05, 0.1) is 12.8 Å². The summed E-state index contributed by atoms with van der Waals surface area (Å²) < 4.78 is 13.2. The van der Waals surface area contributed by atoms with Crippen molar-refractivity contribution < 1.29 is 9.15 Å². The second-order valence-corrected chi connectivity index (χ2v) is 6.88. The van der Waals surface area contributed by atoms with E-state index in [1.807, 2.05) is 24.3 Å². The average Bonchev–Trinajstić information content (AvgIpc) is 2.96. The fourth-order valence-electron chi connectivity index (χ4n) is 3.20. The molecule has 1 unspecified atom stereocenters. The van der Waals surface area contributed by atoms with Gasteiger partial charge in [-0.15, -0.1) is 0 Å². The molecule has 0 amide bonds. The van der Waals surface area contributed by atoms with E-state index in [1.54, 1.807) is 6.26 Å². The zero-order valence-corrected chi connectivity index (χ0v) is 14.5. The van der Waals surface area contributed by atoms with Crippen molar-refractivity contribution in [2.24, 2.45) is 0 Å². The Labute approximate surface area is 144 Å². The number of hydrogen-bond acceptors (Lipinski definition) is 3. The first-order valence-corrected chi connectivity index (χ1v) is 8.60. The molecule has 0 bridgehead atoms. The lowest BCUT2D eigenvalue weighted by Crippen LogP contribution is -2.18. The SMILES string of the molecule is CN1CCC(Oc2ccc(Br)c3ccccc23)c2ccoc2C1. The zero-order chi connectivity index (χ0) is 15.8. The first-order chi connectivity index (χ1) is 11.2. The molecule has 118 valence electrons. The highest BCUT2D eigenvalue weighted by Crippen LogP contribution is 2.36. The molecule has 4 heteroatoms. The van der Waals surface area contributed by atoms with Crippen LogP contribution in [0.5, 0.6) is 5.75 Å². The summed E-state index contributed by atoms with van der Waals surface area (Å²) in [7, 11) is 2.11. The first kappa shape index (κ1) is 14.8. The van der Waals surface area contributed by atoms with E-state index in [0.717, 1.165) is 40.9 Å². The molecule has 23 heavy (non-hydrogen) atoms. The highest BCUT2D eigenvalue weighted by molar-refractivity contribution is 9.10. The van der Waals surface area contributed by atoms with Gasteiger partial charge in [0.2, 0.25) is 0 Å². The van der Waals surface area contributed by atoms with Gasteiger partial charge in [-0.1, -0.05) is 40.2 Å². The van der Waals surface area contributed by atoms with Crippen LogP contribution in [0.2, 0.25) is 0 Å². The van der Waals surface area contributed by atoms with Crippen LogP contribution >= 0.6 is 15.9 Å². The molecule has 0 N–H and O–H groups in total. The lowest BCUT2D eigenvalue weighted by Gasteiger charge is -2.19. The van der Waals surface area contributed by atoms with Crippen LogP contribution in [0.25, 0.3) is 10.8 Å². The quantitative estimate of drug-likeness (QED) is 0.622. The number of halogens is 1. The Morgan fingerprint density at radius 2 is 1.96 bits per heavy atom. The predicted octanol–water partition coefficient (Wildman–Crippen LogP) is 5.15. The number of ether oxygens (including phenoxy) is 1. The van der Waals surface area contributed by atoms with E-state index >= 15 is 0 Å². The van der Waals surface area contributed by atoms with Gasteiger partial charge in [0, 0.05) is 28.4 Å². The van der Waals surface area contributed by atoms with Gasteiger partial charge < -0.3 is 9.15 Å². The van der Waals surface area contributed by atoms with Crippen molar-refractivity contribution in [3.05, 3.63) is 64.5 Å². The summed E-state index contributed by atoms with van der Waals surface area (Å²) in [6, 6.07) is 14.4. The van der Waals surface area contributed by atoms with Gasteiger partial charge in [0.1, 0.15) is 17.6 Å². The average molecular weight is 372 g/mol. The number of nitrogens with zero attached hydrogens (tertiary/aromatic N) is 1. The van der Waals surface area contributed by atoms with Crippen LogP contribution in [0.3, 0.4) is 0 Å². The number of benzene rings is 2. The molecule has 2 aromatic carbocycles. The maximum absolute atomic E-state index is 6.43. The number of furan rings is 1. The Morgan fingerprint density at radius 3 is 2.83 bits per heavy atom. The third kappa shape index (κ3) is 2.77. The maximum Gasteiger partial charge on any atom is 0.128 e. The van der Waals surface area contributed by atoms with E-state index < -0.39 is 0 Å². The van der Waals surface area contributed by atoms with E-state index in [1.165, 1.54) is 10.9 Å². The van der Waals surface area contributed by atoms with Crippen LogP contribution < -0.4 is 4.74 Å². The largest absolute Gasteiger partial charge is 0.485 e. The normalized spacial score (nSPS) is 18.6. The Morgan fingerprint density at radius 1 is 1.13 bits per heavy atom. The minimum absolute atomic E-state index is 0.0262. The van der Waals surface area contributed by atoms with Gasteiger partial charge >= 0.3 is 0 Å². The molecular weight excluding hydrogens is 354 g/mol. The molecule has 4 rings (SSSR count). The lowest BCUT2D eigenvalue weighted by molar-refractivity contribution is 0.185. The highest BCUT2D eigenvalue weighted by atomic mass is 79.9. The Kier molecular flexibility index (Phi) is 3.87. The predicted molar refractivity (Wildman–Crippen MR) is 94.7 cm³/mol. The highest BCUT2D eigenvalue weighted by Gasteiger charge is 2.25. The zero-order valence-electron chi connectivity index (χ0n) is 13.0. The fourth-order valence-corrected chi connectivity index (χ4v) is 3.67. The molecule has 0 saturated carbocycles. The van der Waals surface area contributed by atoms with Crippen molar-refractivity contribution in [1.82, 2.24) is 4.90 Å². The molecule has 1 aliphatic heterocycles. The van der Waals surface area contributed by atoms with Crippen molar-refractivity contribution in [3.63, 3.8) is 0 Å². The minimum atomic E-state index is 0.0262. The van der Waals surface area contributed by atoms with Gasteiger partial charge in [-0.3, -0.25) is 4.90 Å². The molecule has 1 atom stereocenters. The third-order valence-corrected chi connectivity index (χ3v) is 5.10. The third-order valence-electron chi connectivity index (χ3n) is 4.41. The number of rotatable bonds is 2. The molecule has 0 aliphatic carbocycles. The van der Waals surface area contributed by atoms with Crippen LogP contribution in [-0.2, 0) is 6.54 Å². The molecule has 0 spiro atoms. The van der Waals surface area contributed by atoms with Gasteiger partial charge in [-0.25, -0.2) is 0 Å². The molecule has 3 aromatic rings. The van der Waals surface area contributed by atoms with Crippen molar-refractivity contribution in [2.75, 3.05) is 13.6 Å². The monoisotopic (exact) mass is 371 g/mol. The first-order valence-electron chi connectivity index (χ1n) is 7.81. The summed E-state index contributed by atoms with van der Waals surface area (Å²) in [6.07, 6.45) is 2.74. The second-order valence-electron chi connectivity index (χ2n) is 6.02. The molecule has 1 aromatic heterocycles. The summed E-state index contributed by atoms with van der Waals surface area (Å²) in [4.78, 5) is 2.27. The van der Waals surface area contributed by atoms with Crippen LogP contribution in [0.1, 0.15) is 23.8 Å². The van der Waals surface area contributed by atoms with Gasteiger partial charge in [0.25, 0.3) is 0 Å². The second kappa shape index (κ2) is 6.02. The summed E-state index contributed by atoms with van der Waals surface area (Å²) in [5.41, 5.74) is 1.17. The van der Waals surface area contributed by atoms with Gasteiger partial charge in [-0.2, -0.15) is 0 Å². The molecule has 0 radical (unpaired) electrons. The van der Waals surface area contributed by atoms with Crippen molar-refractivity contribution >= 4 is 26.7 Å². The van der Waals surface area contributed by atoms with Crippen molar-refractivity contribution in [3.8, 4) is 5.75 Å². The van der Waals surface area contributed by atoms with E-state index in [9.17, 15) is 0 Å². The topological polar surface area (TPSA) is 25.6 Å². The summed E-state index contributed by atoms with van der Waals surface area (Å²) in [5.74, 6) is 1.93. The van der Waals surface area contributed by atoms with Gasteiger partial charge in [0.15, 0.2) is 0 Å². The summed E-state index contributed by atoms with van der Waals surface area (Å²) >= 11 is 3.62. The fraction of sp³-hybridized carbons (Fsp3) is 0.263. The van der Waals surface area contributed by atoms with Crippen LogP contribution in [0.15, 0.2) is 57.6 Å². The molecule has 0 fully saturated rings. The van der Waals surface area contributed by atoms with Crippen molar-refractivity contribution in [1.29, 1.82) is 0 Å². The van der Waals surface area contributed by atoms with Gasteiger partial charge in [-0.05, 0) is 30.6 Å². The molecule has 2 heterocycles. The molecule has 3 nitrogen and oxygen atoms in total. The summed E-state index contributed by atoms with van der Waals surface area (Å²) in [5, 5.41) is 2.30. The van der Waals surface area contributed by atoms with E-state index in [2.05, 4.69) is 46.1 Å². The Balaban J connectivity index is 1.73. The van der Waals surface area contributed by atoms with E-state index in [-0.39, 0.29) is 6.10 Å². The smallest absolute Gasteiger partial charge is 0.128 e. The minimum Gasteiger partial charge on any atom is -0.485 e. The van der Waals surface area contributed by atoms with Crippen molar-refractivity contribution in [2.45, 2.75) is 19.1 Å².